The van der Waals surface area contributed by atoms with Crippen molar-refractivity contribution in [1.29, 1.82) is 0 Å². The van der Waals surface area contributed by atoms with Gasteiger partial charge in [0.15, 0.2) is 0 Å². The molecule has 0 bridgehead atoms. The van der Waals surface area contributed by atoms with Gasteiger partial charge in [0.1, 0.15) is 0 Å². The van der Waals surface area contributed by atoms with Crippen molar-refractivity contribution in [2.45, 2.75) is 13.8 Å². The smallest absolute Gasteiger partial charge is 0.331 e. The third-order valence-corrected chi connectivity index (χ3v) is 2.67. The number of carbonyl (C=O) groups excluding carboxylic acids is 1. The van der Waals surface area contributed by atoms with Crippen LogP contribution in [0.15, 0.2) is 22.4 Å². The van der Waals surface area contributed by atoms with E-state index < -0.39 is 5.97 Å². The van der Waals surface area contributed by atoms with Crippen molar-refractivity contribution in [2.75, 3.05) is 12.3 Å². The number of carboxylic acids is 1. The minimum absolute atomic E-state index is 0.00838. The monoisotopic (exact) mass is 287 g/mol. The van der Waals surface area contributed by atoms with Gasteiger partial charge in [0.05, 0.1) is 0 Å². The van der Waals surface area contributed by atoms with Gasteiger partial charge in [-0.25, -0.2) is 4.79 Å². The first-order valence-electron chi connectivity index (χ1n) is 5.26. The topological polar surface area (TPSA) is 66.4 Å². The summed E-state index contributed by atoms with van der Waals surface area (Å²) in [5.41, 5.74) is 1.32. The number of amides is 1. The first-order valence-corrected chi connectivity index (χ1v) is 6.84. The van der Waals surface area contributed by atoms with Crippen molar-refractivity contribution < 1.29 is 14.7 Å². The lowest BCUT2D eigenvalue weighted by molar-refractivity contribution is -0.132. The summed E-state index contributed by atoms with van der Waals surface area (Å²) in [6, 6.07) is 1.89. The van der Waals surface area contributed by atoms with Gasteiger partial charge in [-0.2, -0.15) is 24.0 Å². The van der Waals surface area contributed by atoms with Gasteiger partial charge in [0, 0.05) is 24.8 Å². The minimum atomic E-state index is -0.865. The molecule has 0 aromatic carbocycles. The number of hydrogen-bond donors (Lipinski definition) is 3. The largest absolute Gasteiger partial charge is 0.478 e. The standard InChI is InChI=1S/C8H8O2S.C4H9NOS/c1-6(8(9)10)4-7-2-3-11-5-7;1-4(6)5-2-3-7/h2-5H,1H3,(H,9,10);7H,2-3H2,1H3,(H,5,6)/b6-4+;. The highest BCUT2D eigenvalue weighted by Crippen LogP contribution is 2.10. The molecule has 4 nitrogen and oxygen atoms in total. The zero-order chi connectivity index (χ0) is 14.0. The zero-order valence-electron chi connectivity index (χ0n) is 10.3. The molecule has 18 heavy (non-hydrogen) atoms. The molecule has 0 aliphatic rings. The van der Waals surface area contributed by atoms with Crippen LogP contribution in [0.1, 0.15) is 19.4 Å². The predicted octanol–water partition coefficient (Wildman–Crippen LogP) is 2.29. The summed E-state index contributed by atoms with van der Waals surface area (Å²) in [7, 11) is 0. The maximum atomic E-state index is 10.4. The molecule has 0 aliphatic heterocycles. The fourth-order valence-corrected chi connectivity index (χ4v) is 1.63. The summed E-state index contributed by atoms with van der Waals surface area (Å²) in [6.45, 7) is 3.74. The van der Waals surface area contributed by atoms with Crippen LogP contribution in [0, 0.1) is 0 Å². The van der Waals surface area contributed by atoms with Crippen LogP contribution >= 0.6 is 24.0 Å². The molecule has 100 valence electrons. The summed E-state index contributed by atoms with van der Waals surface area (Å²) in [4.78, 5) is 20.4. The van der Waals surface area contributed by atoms with E-state index >= 15 is 0 Å². The Morgan fingerprint density at radius 3 is 2.50 bits per heavy atom. The van der Waals surface area contributed by atoms with Gasteiger partial charge in [0.2, 0.25) is 5.91 Å². The molecule has 1 rings (SSSR count). The molecule has 1 heterocycles. The maximum absolute atomic E-state index is 10.4. The summed E-state index contributed by atoms with van der Waals surface area (Å²) in [5.74, 6) is -0.148. The van der Waals surface area contributed by atoms with Crippen molar-refractivity contribution in [3.05, 3.63) is 28.0 Å². The Bertz CT molecular complexity index is 399. The lowest BCUT2D eigenvalue weighted by atomic mass is 10.2. The molecule has 0 atom stereocenters. The van der Waals surface area contributed by atoms with Crippen LogP contribution in [-0.2, 0) is 9.59 Å². The Morgan fingerprint density at radius 1 is 1.50 bits per heavy atom. The Morgan fingerprint density at radius 2 is 2.17 bits per heavy atom. The maximum Gasteiger partial charge on any atom is 0.331 e. The molecule has 0 saturated heterocycles. The van der Waals surface area contributed by atoms with E-state index in [0.717, 1.165) is 5.56 Å². The SMILES string of the molecule is C/C(=C\c1ccsc1)C(=O)O.CC(=O)NCCS. The number of aliphatic carboxylic acids is 1. The first-order chi connectivity index (χ1) is 8.47. The van der Waals surface area contributed by atoms with Crippen molar-refractivity contribution in [2.24, 2.45) is 0 Å². The molecule has 1 amide bonds. The molecular formula is C12H17NO3S2. The molecule has 6 heteroatoms. The lowest BCUT2D eigenvalue weighted by Gasteiger charge is -1.93. The summed E-state index contributed by atoms with van der Waals surface area (Å²) in [5, 5.41) is 14.9. The lowest BCUT2D eigenvalue weighted by Crippen LogP contribution is -2.21. The quantitative estimate of drug-likeness (QED) is 0.588. The highest BCUT2D eigenvalue weighted by atomic mass is 32.1. The van der Waals surface area contributed by atoms with Gasteiger partial charge in [-0.1, -0.05) is 0 Å². The zero-order valence-corrected chi connectivity index (χ0v) is 12.1. The van der Waals surface area contributed by atoms with Gasteiger partial charge >= 0.3 is 5.97 Å². The average Bonchev–Trinajstić information content (AvgIpc) is 2.79. The van der Waals surface area contributed by atoms with E-state index in [4.69, 9.17) is 5.11 Å². The van der Waals surface area contributed by atoms with Crippen molar-refractivity contribution >= 4 is 41.9 Å². The Balaban J connectivity index is 0.000000360. The van der Waals surface area contributed by atoms with Gasteiger partial charge in [-0.15, -0.1) is 0 Å². The van der Waals surface area contributed by atoms with Crippen LogP contribution in [0.4, 0.5) is 0 Å². The molecule has 1 aromatic heterocycles. The average molecular weight is 287 g/mol. The number of hydrogen-bond acceptors (Lipinski definition) is 4. The van der Waals surface area contributed by atoms with Crippen molar-refractivity contribution in [3.63, 3.8) is 0 Å². The van der Waals surface area contributed by atoms with Crippen LogP contribution in [0.25, 0.3) is 6.08 Å². The third-order valence-electron chi connectivity index (χ3n) is 1.75. The number of thiol groups is 1. The molecule has 1 aromatic rings. The summed E-state index contributed by atoms with van der Waals surface area (Å²) in [6.07, 6.45) is 1.65. The van der Waals surface area contributed by atoms with Gasteiger partial charge in [0.25, 0.3) is 0 Å². The molecule has 0 unspecified atom stereocenters. The van der Waals surface area contributed by atoms with Crippen molar-refractivity contribution in [3.8, 4) is 0 Å². The van der Waals surface area contributed by atoms with E-state index in [9.17, 15) is 9.59 Å². The minimum Gasteiger partial charge on any atom is -0.478 e. The summed E-state index contributed by atoms with van der Waals surface area (Å²) >= 11 is 5.44. The van der Waals surface area contributed by atoms with Crippen LogP contribution in [0.5, 0.6) is 0 Å². The second kappa shape index (κ2) is 9.73. The third kappa shape index (κ3) is 8.83. The Kier molecular flexibility index (Phi) is 9.04. The number of nitrogens with one attached hydrogen (secondary N) is 1. The van der Waals surface area contributed by atoms with Crippen LogP contribution in [0.2, 0.25) is 0 Å². The number of thiophene rings is 1. The molecule has 0 radical (unpaired) electrons. The van der Waals surface area contributed by atoms with E-state index in [1.54, 1.807) is 24.3 Å². The van der Waals surface area contributed by atoms with Crippen molar-refractivity contribution in [1.82, 2.24) is 5.32 Å². The second-order valence-corrected chi connectivity index (χ2v) is 4.62. The highest BCUT2D eigenvalue weighted by Gasteiger charge is 1.98. The molecule has 0 saturated carbocycles. The molecular weight excluding hydrogens is 270 g/mol. The summed E-state index contributed by atoms with van der Waals surface area (Å²) < 4.78 is 0. The number of rotatable bonds is 4. The van der Waals surface area contributed by atoms with Crippen LogP contribution in [-0.4, -0.2) is 29.3 Å². The predicted molar refractivity (Wildman–Crippen MR) is 78.1 cm³/mol. The fourth-order valence-electron chi connectivity index (χ4n) is 0.901. The Labute approximate surface area is 116 Å². The fraction of sp³-hybridized carbons (Fsp3) is 0.333. The molecule has 0 spiro atoms. The second-order valence-electron chi connectivity index (χ2n) is 3.40. The molecule has 0 fully saturated rings. The van der Waals surface area contributed by atoms with E-state index in [1.165, 1.54) is 6.92 Å². The van der Waals surface area contributed by atoms with E-state index in [0.29, 0.717) is 17.9 Å². The van der Waals surface area contributed by atoms with E-state index in [-0.39, 0.29) is 5.91 Å². The highest BCUT2D eigenvalue weighted by molar-refractivity contribution is 7.80. The van der Waals surface area contributed by atoms with Crippen LogP contribution < -0.4 is 5.32 Å². The molecule has 0 aliphatic carbocycles. The van der Waals surface area contributed by atoms with Gasteiger partial charge in [-0.3, -0.25) is 4.79 Å². The normalized spacial score (nSPS) is 10.3. The first kappa shape index (κ1) is 16.7. The Hall–Kier alpha value is -1.27. The number of carbonyl (C=O) groups is 2. The molecule has 2 N–H and O–H groups in total. The number of carboxylic acid groups (broad SMARTS) is 1. The van der Waals surface area contributed by atoms with Gasteiger partial charge < -0.3 is 10.4 Å². The van der Waals surface area contributed by atoms with E-state index in [2.05, 4.69) is 17.9 Å². The van der Waals surface area contributed by atoms with E-state index in [1.807, 2.05) is 16.8 Å². The van der Waals surface area contributed by atoms with Gasteiger partial charge in [-0.05, 0) is 35.4 Å². The van der Waals surface area contributed by atoms with Crippen LogP contribution in [0.3, 0.4) is 0 Å².